The second kappa shape index (κ2) is 12.4. The molecule has 236 valence electrons. The third-order valence-electron chi connectivity index (χ3n) is 10.6. The number of amides is 1. The number of para-hydroxylation sites is 2. The van der Waals surface area contributed by atoms with E-state index >= 15 is 0 Å². The molecule has 1 saturated carbocycles. The lowest BCUT2D eigenvalue weighted by molar-refractivity contribution is 0.0282. The van der Waals surface area contributed by atoms with Crippen LogP contribution in [0.15, 0.2) is 29.1 Å². The zero-order valence-corrected chi connectivity index (χ0v) is 27.1. The Morgan fingerprint density at radius 3 is 2.28 bits per heavy atom. The van der Waals surface area contributed by atoms with Gasteiger partial charge in [0.05, 0.1) is 11.0 Å². The molecule has 1 aromatic heterocycles. The highest BCUT2D eigenvalue weighted by Gasteiger charge is 2.44. The number of fused-ring (bicyclic) bond motifs is 2. The lowest BCUT2D eigenvalue weighted by Crippen LogP contribution is -2.44. The molecule has 2 aromatic rings. The number of benzene rings is 1. The number of anilines is 1. The van der Waals surface area contributed by atoms with Crippen LogP contribution in [0.1, 0.15) is 105 Å². The predicted octanol–water partition coefficient (Wildman–Crippen LogP) is 6.62. The molecule has 1 aromatic carbocycles. The first-order chi connectivity index (χ1) is 20.6. The van der Waals surface area contributed by atoms with Crippen molar-refractivity contribution in [3.63, 3.8) is 0 Å². The van der Waals surface area contributed by atoms with Gasteiger partial charge in [0.25, 0.3) is 5.56 Å². The van der Waals surface area contributed by atoms with Crippen LogP contribution >= 0.6 is 0 Å². The van der Waals surface area contributed by atoms with Gasteiger partial charge in [-0.3, -0.25) is 9.69 Å². The summed E-state index contributed by atoms with van der Waals surface area (Å²) >= 11 is 0. The second-order valence-electron chi connectivity index (χ2n) is 15.0. The molecule has 3 saturated heterocycles. The van der Waals surface area contributed by atoms with Crippen molar-refractivity contribution >= 4 is 22.9 Å². The molecule has 0 N–H and O–H groups in total. The largest absolute Gasteiger partial charge is 0.444 e. The third kappa shape index (κ3) is 6.45. The lowest BCUT2D eigenvalue weighted by Gasteiger charge is -2.38. The molecule has 0 radical (unpaired) electrons. The summed E-state index contributed by atoms with van der Waals surface area (Å²) in [5.41, 5.74) is 1.34. The molecule has 0 bridgehead atoms. The van der Waals surface area contributed by atoms with E-state index in [1.807, 2.05) is 43.9 Å². The predicted molar refractivity (Wildman–Crippen MR) is 173 cm³/mol. The van der Waals surface area contributed by atoms with Gasteiger partial charge >= 0.3 is 6.09 Å². The van der Waals surface area contributed by atoms with E-state index in [0.717, 1.165) is 30.5 Å². The van der Waals surface area contributed by atoms with E-state index in [1.165, 1.54) is 57.8 Å². The molecule has 3 aliphatic heterocycles. The first-order valence-corrected chi connectivity index (χ1v) is 17.1. The number of hydrogen-bond acceptors (Lipinski definition) is 6. The van der Waals surface area contributed by atoms with E-state index in [-0.39, 0.29) is 17.7 Å². The molecule has 4 heterocycles. The first-order valence-electron chi connectivity index (χ1n) is 17.1. The van der Waals surface area contributed by atoms with Gasteiger partial charge in [-0.1, -0.05) is 44.2 Å². The summed E-state index contributed by atoms with van der Waals surface area (Å²) in [5, 5.41) is 0. The Labute approximate surface area is 257 Å². The van der Waals surface area contributed by atoms with Gasteiger partial charge in [-0.25, -0.2) is 9.78 Å². The monoisotopic (exact) mass is 591 g/mol. The van der Waals surface area contributed by atoms with E-state index in [1.54, 1.807) is 0 Å². The van der Waals surface area contributed by atoms with E-state index in [9.17, 15) is 9.59 Å². The minimum atomic E-state index is -0.500. The molecule has 1 amide bonds. The minimum absolute atomic E-state index is 0.0266. The zero-order valence-electron chi connectivity index (χ0n) is 27.1. The highest BCUT2D eigenvalue weighted by Crippen LogP contribution is 2.37. The van der Waals surface area contributed by atoms with Crippen LogP contribution in [-0.2, 0) is 4.74 Å². The highest BCUT2D eigenvalue weighted by atomic mass is 16.6. The molecule has 0 spiro atoms. The fourth-order valence-corrected chi connectivity index (χ4v) is 8.65. The Hall–Kier alpha value is -2.61. The van der Waals surface area contributed by atoms with Crippen LogP contribution in [-0.4, -0.2) is 75.3 Å². The Bertz CT molecular complexity index is 1330. The number of likely N-dealkylation sites (tertiary alicyclic amines) is 2. The molecule has 4 fully saturated rings. The van der Waals surface area contributed by atoms with Crippen molar-refractivity contribution in [2.45, 2.75) is 129 Å². The maximum atomic E-state index is 14.3. The quantitative estimate of drug-likeness (QED) is 0.389. The minimum Gasteiger partial charge on any atom is -0.444 e. The van der Waals surface area contributed by atoms with Gasteiger partial charge in [-0.15, -0.1) is 0 Å². The van der Waals surface area contributed by atoms with Gasteiger partial charge in [-0.05, 0) is 78.9 Å². The van der Waals surface area contributed by atoms with Crippen molar-refractivity contribution in [2.75, 3.05) is 31.1 Å². The van der Waals surface area contributed by atoms with E-state index in [4.69, 9.17) is 9.72 Å². The van der Waals surface area contributed by atoms with Crippen LogP contribution in [0.2, 0.25) is 0 Å². The molecule has 43 heavy (non-hydrogen) atoms. The third-order valence-corrected chi connectivity index (χ3v) is 10.6. The Balaban J connectivity index is 1.21. The molecular weight excluding hydrogens is 538 g/mol. The standard InChI is InChI=1S/C35H53N5O3/c1-24-17-18-29(39(24)28-13-9-7-6-8-10-14-28)19-25(2)40-31-16-12-11-15-30(31)36-32(33(40)41)37-20-26-22-38(23-27(26)21-37)34(42)43-35(3,4)5/h11-12,15-16,24-29H,6-10,13-14,17-23H2,1-5H3/t24?,25-,26?,27?,29-/m0/s1. The number of rotatable bonds is 5. The molecule has 5 atom stereocenters. The van der Waals surface area contributed by atoms with E-state index in [0.29, 0.717) is 48.9 Å². The van der Waals surface area contributed by atoms with Crippen LogP contribution in [0.4, 0.5) is 10.6 Å². The van der Waals surface area contributed by atoms with Crippen LogP contribution in [0.5, 0.6) is 0 Å². The molecule has 4 aliphatic rings. The summed E-state index contributed by atoms with van der Waals surface area (Å²) < 4.78 is 7.68. The first kappa shape index (κ1) is 30.4. The molecular formula is C35H53N5O3. The Kier molecular flexibility index (Phi) is 8.78. The number of carbonyl (C=O) groups is 1. The van der Waals surface area contributed by atoms with Gasteiger partial charge in [-0.2, -0.15) is 0 Å². The summed E-state index contributed by atoms with van der Waals surface area (Å²) in [6.45, 7) is 13.2. The normalized spacial score (nSPS) is 28.2. The van der Waals surface area contributed by atoms with Crippen LogP contribution in [0.25, 0.3) is 11.0 Å². The molecule has 1 aliphatic carbocycles. The van der Waals surface area contributed by atoms with Crippen LogP contribution in [0.3, 0.4) is 0 Å². The average molecular weight is 592 g/mol. The summed E-state index contributed by atoms with van der Waals surface area (Å²) in [5.74, 6) is 1.21. The summed E-state index contributed by atoms with van der Waals surface area (Å²) in [6.07, 6.45) is 12.7. The molecule has 6 rings (SSSR count). The average Bonchev–Trinajstić information content (AvgIpc) is 3.61. The topological polar surface area (TPSA) is 70.9 Å². The maximum Gasteiger partial charge on any atom is 0.410 e. The van der Waals surface area contributed by atoms with Crippen molar-refractivity contribution in [3.05, 3.63) is 34.6 Å². The van der Waals surface area contributed by atoms with Crippen molar-refractivity contribution in [2.24, 2.45) is 11.8 Å². The summed E-state index contributed by atoms with van der Waals surface area (Å²) in [6, 6.07) is 10.0. The lowest BCUT2D eigenvalue weighted by atomic mass is 9.94. The van der Waals surface area contributed by atoms with Crippen LogP contribution in [0, 0.1) is 11.8 Å². The van der Waals surface area contributed by atoms with Crippen molar-refractivity contribution < 1.29 is 9.53 Å². The summed E-state index contributed by atoms with van der Waals surface area (Å²) in [4.78, 5) is 38.9. The van der Waals surface area contributed by atoms with Gasteiger partial charge in [0.1, 0.15) is 5.60 Å². The number of nitrogens with zero attached hydrogens (tertiary/aromatic N) is 5. The number of ether oxygens (including phenoxy) is 1. The molecule has 8 heteroatoms. The van der Waals surface area contributed by atoms with E-state index in [2.05, 4.69) is 34.3 Å². The van der Waals surface area contributed by atoms with Crippen molar-refractivity contribution in [1.82, 2.24) is 19.4 Å². The number of aromatic nitrogens is 2. The van der Waals surface area contributed by atoms with Crippen molar-refractivity contribution in [3.8, 4) is 0 Å². The fourth-order valence-electron chi connectivity index (χ4n) is 8.65. The summed E-state index contributed by atoms with van der Waals surface area (Å²) in [7, 11) is 0. The Morgan fingerprint density at radius 2 is 1.60 bits per heavy atom. The van der Waals surface area contributed by atoms with Crippen molar-refractivity contribution in [1.29, 1.82) is 0 Å². The Morgan fingerprint density at radius 1 is 0.953 bits per heavy atom. The number of hydrogen-bond donors (Lipinski definition) is 0. The van der Waals surface area contributed by atoms with Crippen LogP contribution < -0.4 is 10.5 Å². The van der Waals surface area contributed by atoms with Gasteiger partial charge < -0.3 is 19.1 Å². The molecule has 8 nitrogen and oxygen atoms in total. The zero-order chi connectivity index (χ0) is 30.3. The second-order valence-corrected chi connectivity index (χ2v) is 15.0. The SMILES string of the molecule is CC1CC[C@@H](C[C@H](C)n2c(=O)c(N3CC4CN(C(=O)OC(C)(C)C)CC4C3)nc3ccccc32)N1C1CCCCCCC1. The maximum absolute atomic E-state index is 14.3. The van der Waals surface area contributed by atoms with Gasteiger partial charge in [0.15, 0.2) is 5.82 Å². The smallest absolute Gasteiger partial charge is 0.410 e. The van der Waals surface area contributed by atoms with Gasteiger partial charge in [0, 0.05) is 62.2 Å². The van der Waals surface area contributed by atoms with E-state index < -0.39 is 5.60 Å². The fraction of sp³-hybridized carbons (Fsp3) is 0.743. The van der Waals surface area contributed by atoms with Gasteiger partial charge in [0.2, 0.25) is 0 Å². The molecule has 3 unspecified atom stereocenters. The number of carbonyl (C=O) groups excluding carboxylic acids is 1. The highest BCUT2D eigenvalue weighted by molar-refractivity contribution is 5.76.